The predicted molar refractivity (Wildman–Crippen MR) is 78.0 cm³/mol. The molecule has 2 atom stereocenters. The molecule has 0 bridgehead atoms. The summed E-state index contributed by atoms with van der Waals surface area (Å²) in [5.74, 6) is -0.100. The number of ether oxygens (including phenoxy) is 1. The van der Waals surface area contributed by atoms with Gasteiger partial charge in [0, 0.05) is 13.2 Å². The first kappa shape index (κ1) is 20.0. The largest absolute Gasteiger partial charge is 0.379 e. The first-order valence-corrected chi connectivity index (χ1v) is 6.11. The standard InChI is InChI=1S/C13H28N2O2.ClH/c1-9(8-13(5,6)17-7)15-11(16)10(14)12(2,3)4;/h9-10H,8,14H2,1-7H3,(H,15,16);1H/t9?,10-;/m1./s1. The van der Waals surface area contributed by atoms with E-state index in [9.17, 15) is 4.79 Å². The van der Waals surface area contributed by atoms with Crippen LogP contribution in [-0.4, -0.2) is 30.7 Å². The monoisotopic (exact) mass is 280 g/mol. The van der Waals surface area contributed by atoms with Crippen LogP contribution in [-0.2, 0) is 9.53 Å². The first-order chi connectivity index (χ1) is 7.49. The Kier molecular flexibility index (Phi) is 8.13. The lowest BCUT2D eigenvalue weighted by molar-refractivity contribution is -0.125. The zero-order chi connectivity index (χ0) is 13.9. The number of methoxy groups -OCH3 is 1. The third-order valence-electron chi connectivity index (χ3n) is 2.95. The lowest BCUT2D eigenvalue weighted by Gasteiger charge is -2.30. The first-order valence-electron chi connectivity index (χ1n) is 6.11. The molecule has 18 heavy (non-hydrogen) atoms. The van der Waals surface area contributed by atoms with Crippen LogP contribution in [0.5, 0.6) is 0 Å². The molecule has 4 nitrogen and oxygen atoms in total. The number of hydrogen-bond donors (Lipinski definition) is 2. The third kappa shape index (κ3) is 7.19. The number of carbonyl (C=O) groups excluding carboxylic acids is 1. The molecule has 0 fully saturated rings. The topological polar surface area (TPSA) is 64.3 Å². The van der Waals surface area contributed by atoms with Crippen molar-refractivity contribution in [3.8, 4) is 0 Å². The molecule has 3 N–H and O–H groups in total. The number of nitrogens with two attached hydrogens (primary N) is 1. The van der Waals surface area contributed by atoms with Crippen LogP contribution in [0.3, 0.4) is 0 Å². The Morgan fingerprint density at radius 3 is 2.06 bits per heavy atom. The van der Waals surface area contributed by atoms with E-state index in [-0.39, 0.29) is 35.4 Å². The van der Waals surface area contributed by atoms with Gasteiger partial charge >= 0.3 is 0 Å². The van der Waals surface area contributed by atoms with E-state index in [0.29, 0.717) is 0 Å². The Bertz CT molecular complexity index is 262. The smallest absolute Gasteiger partial charge is 0.237 e. The van der Waals surface area contributed by atoms with Crippen LogP contribution in [0, 0.1) is 5.41 Å². The van der Waals surface area contributed by atoms with E-state index >= 15 is 0 Å². The summed E-state index contributed by atoms with van der Waals surface area (Å²) < 4.78 is 5.34. The van der Waals surface area contributed by atoms with Gasteiger partial charge in [0.2, 0.25) is 5.91 Å². The summed E-state index contributed by atoms with van der Waals surface area (Å²) in [4.78, 5) is 11.9. The van der Waals surface area contributed by atoms with Gasteiger partial charge in [0.05, 0.1) is 11.6 Å². The molecule has 0 aliphatic carbocycles. The fourth-order valence-electron chi connectivity index (χ4n) is 1.60. The molecule has 0 aromatic carbocycles. The third-order valence-corrected chi connectivity index (χ3v) is 2.95. The van der Waals surface area contributed by atoms with Crippen LogP contribution in [0.2, 0.25) is 0 Å². The molecule has 0 aromatic rings. The molecule has 1 unspecified atom stereocenters. The second-order valence-electron chi connectivity index (χ2n) is 6.42. The van der Waals surface area contributed by atoms with Gasteiger partial charge in [0.25, 0.3) is 0 Å². The minimum Gasteiger partial charge on any atom is -0.379 e. The highest BCUT2D eigenvalue weighted by Crippen LogP contribution is 2.19. The van der Waals surface area contributed by atoms with Crippen molar-refractivity contribution in [3.05, 3.63) is 0 Å². The van der Waals surface area contributed by atoms with E-state index in [1.54, 1.807) is 7.11 Å². The fourth-order valence-corrected chi connectivity index (χ4v) is 1.60. The molecule has 0 saturated heterocycles. The molecule has 0 spiro atoms. The minimum absolute atomic E-state index is 0. The zero-order valence-electron chi connectivity index (χ0n) is 12.7. The van der Waals surface area contributed by atoms with E-state index in [1.165, 1.54) is 0 Å². The van der Waals surface area contributed by atoms with Crippen LogP contribution >= 0.6 is 12.4 Å². The van der Waals surface area contributed by atoms with Gasteiger partial charge < -0.3 is 15.8 Å². The van der Waals surface area contributed by atoms with Crippen LogP contribution < -0.4 is 11.1 Å². The summed E-state index contributed by atoms with van der Waals surface area (Å²) in [6, 6.07) is -0.443. The van der Waals surface area contributed by atoms with Crippen molar-refractivity contribution in [2.45, 2.75) is 65.6 Å². The summed E-state index contributed by atoms with van der Waals surface area (Å²) >= 11 is 0. The number of hydrogen-bond acceptors (Lipinski definition) is 3. The Hall–Kier alpha value is -0.320. The Morgan fingerprint density at radius 1 is 1.28 bits per heavy atom. The molecular formula is C13H29ClN2O2. The van der Waals surface area contributed by atoms with Gasteiger partial charge in [-0.25, -0.2) is 0 Å². The molecule has 0 rings (SSSR count). The van der Waals surface area contributed by atoms with Crippen molar-refractivity contribution in [2.75, 3.05) is 7.11 Å². The highest BCUT2D eigenvalue weighted by atomic mass is 35.5. The van der Waals surface area contributed by atoms with Crippen molar-refractivity contribution >= 4 is 18.3 Å². The van der Waals surface area contributed by atoms with E-state index in [4.69, 9.17) is 10.5 Å². The zero-order valence-corrected chi connectivity index (χ0v) is 13.5. The average molecular weight is 281 g/mol. The van der Waals surface area contributed by atoms with Crippen molar-refractivity contribution in [3.63, 3.8) is 0 Å². The molecule has 110 valence electrons. The maximum Gasteiger partial charge on any atom is 0.237 e. The van der Waals surface area contributed by atoms with Gasteiger partial charge in [-0.1, -0.05) is 20.8 Å². The number of halogens is 1. The van der Waals surface area contributed by atoms with E-state index in [1.807, 2.05) is 41.5 Å². The summed E-state index contributed by atoms with van der Waals surface area (Å²) in [5, 5.41) is 2.93. The number of amides is 1. The SMILES string of the molecule is COC(C)(C)CC(C)NC(=O)[C@@H](N)C(C)(C)C.Cl. The number of carbonyl (C=O) groups is 1. The van der Waals surface area contributed by atoms with Crippen molar-refractivity contribution in [2.24, 2.45) is 11.1 Å². The van der Waals surface area contributed by atoms with Gasteiger partial charge in [-0.15, -0.1) is 12.4 Å². The van der Waals surface area contributed by atoms with Gasteiger partial charge in [-0.3, -0.25) is 4.79 Å². The summed E-state index contributed by atoms with van der Waals surface area (Å²) in [7, 11) is 1.68. The van der Waals surface area contributed by atoms with E-state index in [2.05, 4.69) is 5.32 Å². The van der Waals surface area contributed by atoms with E-state index < -0.39 is 6.04 Å². The molecule has 0 aromatic heterocycles. The average Bonchev–Trinajstić information content (AvgIpc) is 2.14. The van der Waals surface area contributed by atoms with Crippen LogP contribution in [0.1, 0.15) is 48.0 Å². The Labute approximate surface area is 117 Å². The molecular weight excluding hydrogens is 252 g/mol. The van der Waals surface area contributed by atoms with E-state index in [0.717, 1.165) is 6.42 Å². The summed E-state index contributed by atoms with van der Waals surface area (Å²) in [6.07, 6.45) is 0.756. The van der Waals surface area contributed by atoms with Crippen molar-refractivity contribution < 1.29 is 9.53 Å². The molecule has 1 amide bonds. The lowest BCUT2D eigenvalue weighted by Crippen LogP contribution is -2.51. The molecule has 0 saturated carbocycles. The highest BCUT2D eigenvalue weighted by Gasteiger charge is 2.29. The number of nitrogens with one attached hydrogen (secondary N) is 1. The predicted octanol–water partition coefficient (Wildman–Crippen LogP) is 2.10. The molecule has 0 aliphatic heterocycles. The highest BCUT2D eigenvalue weighted by molar-refractivity contribution is 5.85. The van der Waals surface area contributed by atoms with Gasteiger partial charge in [-0.05, 0) is 32.6 Å². The molecule has 0 aliphatic rings. The maximum atomic E-state index is 11.9. The van der Waals surface area contributed by atoms with Gasteiger partial charge in [-0.2, -0.15) is 0 Å². The van der Waals surface area contributed by atoms with Gasteiger partial charge in [0.15, 0.2) is 0 Å². The molecule has 0 heterocycles. The lowest BCUT2D eigenvalue weighted by atomic mass is 9.86. The Morgan fingerprint density at radius 2 is 1.72 bits per heavy atom. The van der Waals surface area contributed by atoms with Crippen molar-refractivity contribution in [1.29, 1.82) is 0 Å². The molecule has 0 radical (unpaired) electrons. The Balaban J connectivity index is 0. The summed E-state index contributed by atoms with van der Waals surface area (Å²) in [5.41, 5.74) is 5.44. The quantitative estimate of drug-likeness (QED) is 0.811. The van der Waals surface area contributed by atoms with Crippen LogP contribution in [0.4, 0.5) is 0 Å². The van der Waals surface area contributed by atoms with Crippen LogP contribution in [0.15, 0.2) is 0 Å². The second kappa shape index (κ2) is 7.31. The van der Waals surface area contributed by atoms with Crippen LogP contribution in [0.25, 0.3) is 0 Å². The summed E-state index contributed by atoms with van der Waals surface area (Å²) in [6.45, 7) is 11.8. The van der Waals surface area contributed by atoms with Gasteiger partial charge in [0.1, 0.15) is 0 Å². The van der Waals surface area contributed by atoms with Crippen molar-refractivity contribution in [1.82, 2.24) is 5.32 Å². The number of rotatable bonds is 5. The maximum absolute atomic E-state index is 11.9. The second-order valence-corrected chi connectivity index (χ2v) is 6.42. The molecule has 5 heteroatoms. The fraction of sp³-hybridized carbons (Fsp3) is 0.923. The minimum atomic E-state index is -0.490. The normalized spacial score (nSPS) is 15.6.